The van der Waals surface area contributed by atoms with E-state index >= 15 is 0 Å². The van der Waals surface area contributed by atoms with Crippen molar-refractivity contribution in [3.8, 4) is 5.82 Å². The predicted molar refractivity (Wildman–Crippen MR) is 101 cm³/mol. The molecule has 0 spiro atoms. The maximum Gasteiger partial charge on any atom is 0.222 e. The Bertz CT molecular complexity index is 894. The fourth-order valence-electron chi connectivity index (χ4n) is 2.74. The van der Waals surface area contributed by atoms with Crippen LogP contribution in [0.3, 0.4) is 0 Å². The van der Waals surface area contributed by atoms with Crippen LogP contribution in [-0.2, 0) is 16.1 Å². The van der Waals surface area contributed by atoms with Crippen molar-refractivity contribution in [2.45, 2.75) is 25.9 Å². The summed E-state index contributed by atoms with van der Waals surface area (Å²) in [6.07, 6.45) is 5.34. The molecule has 7 heteroatoms. The lowest BCUT2D eigenvalue weighted by atomic mass is 10.0. The SMILES string of the molecule is CC(=O)NC(CC(=O)NCc1ccnc(-n2cccn2)c1)c1ccccc1. The van der Waals surface area contributed by atoms with Crippen molar-refractivity contribution >= 4 is 11.8 Å². The van der Waals surface area contributed by atoms with Gasteiger partial charge in [-0.15, -0.1) is 0 Å². The number of hydrogen-bond acceptors (Lipinski definition) is 4. The van der Waals surface area contributed by atoms with Crippen molar-refractivity contribution < 1.29 is 9.59 Å². The number of nitrogens with zero attached hydrogens (tertiary/aromatic N) is 3. The van der Waals surface area contributed by atoms with E-state index in [1.165, 1.54) is 6.92 Å². The summed E-state index contributed by atoms with van der Waals surface area (Å²) in [6, 6.07) is 14.6. The van der Waals surface area contributed by atoms with Crippen molar-refractivity contribution in [3.05, 3.63) is 78.2 Å². The first-order valence-electron chi connectivity index (χ1n) is 8.65. The van der Waals surface area contributed by atoms with E-state index in [1.54, 1.807) is 17.1 Å². The van der Waals surface area contributed by atoms with Gasteiger partial charge in [-0.2, -0.15) is 5.10 Å². The highest BCUT2D eigenvalue weighted by atomic mass is 16.2. The van der Waals surface area contributed by atoms with Gasteiger partial charge < -0.3 is 10.6 Å². The lowest BCUT2D eigenvalue weighted by Gasteiger charge is -2.18. The molecule has 7 nitrogen and oxygen atoms in total. The van der Waals surface area contributed by atoms with E-state index in [-0.39, 0.29) is 24.3 Å². The van der Waals surface area contributed by atoms with Crippen molar-refractivity contribution in [1.29, 1.82) is 0 Å². The molecule has 0 aliphatic rings. The minimum absolute atomic E-state index is 0.143. The summed E-state index contributed by atoms with van der Waals surface area (Å²) in [5.41, 5.74) is 1.81. The van der Waals surface area contributed by atoms with Crippen LogP contribution < -0.4 is 10.6 Å². The molecule has 0 aliphatic heterocycles. The largest absolute Gasteiger partial charge is 0.352 e. The second-order valence-corrected chi connectivity index (χ2v) is 6.12. The Hall–Kier alpha value is -3.48. The summed E-state index contributed by atoms with van der Waals surface area (Å²) in [7, 11) is 0. The third-order valence-electron chi connectivity index (χ3n) is 4.01. The van der Waals surface area contributed by atoms with Crippen LogP contribution in [-0.4, -0.2) is 26.6 Å². The Balaban J connectivity index is 1.61. The molecule has 2 amide bonds. The summed E-state index contributed by atoms with van der Waals surface area (Å²) in [6.45, 7) is 1.82. The quantitative estimate of drug-likeness (QED) is 0.673. The zero-order valence-corrected chi connectivity index (χ0v) is 15.0. The summed E-state index contributed by atoms with van der Waals surface area (Å²) in [5, 5.41) is 9.88. The molecule has 3 rings (SSSR count). The Morgan fingerprint density at radius 1 is 1.11 bits per heavy atom. The topological polar surface area (TPSA) is 88.9 Å². The van der Waals surface area contributed by atoms with Crippen LogP contribution >= 0.6 is 0 Å². The highest BCUT2D eigenvalue weighted by Crippen LogP contribution is 2.16. The molecular weight excluding hydrogens is 342 g/mol. The molecular formula is C20H21N5O2. The van der Waals surface area contributed by atoms with E-state index < -0.39 is 0 Å². The van der Waals surface area contributed by atoms with Crippen molar-refractivity contribution in [1.82, 2.24) is 25.4 Å². The van der Waals surface area contributed by atoms with Gasteiger partial charge in [0.25, 0.3) is 0 Å². The smallest absolute Gasteiger partial charge is 0.222 e. The standard InChI is InChI=1S/C20H21N5O2/c1-15(26)24-18(17-6-3-2-4-7-17)13-20(27)22-14-16-8-10-21-19(12-16)25-11-5-9-23-25/h2-12,18H,13-14H2,1H3,(H,22,27)(H,24,26). The molecule has 0 saturated carbocycles. The number of benzene rings is 1. The van der Waals surface area contributed by atoms with Crippen molar-refractivity contribution in [3.63, 3.8) is 0 Å². The number of pyridine rings is 1. The number of carbonyl (C=O) groups excluding carboxylic acids is 2. The molecule has 27 heavy (non-hydrogen) atoms. The Kier molecular flexibility index (Phi) is 5.94. The molecule has 2 aromatic heterocycles. The first-order chi connectivity index (χ1) is 13.1. The van der Waals surface area contributed by atoms with Gasteiger partial charge in [0.2, 0.25) is 11.8 Å². The molecule has 3 aromatic rings. The minimum atomic E-state index is -0.360. The lowest BCUT2D eigenvalue weighted by molar-refractivity contribution is -0.122. The van der Waals surface area contributed by atoms with Gasteiger partial charge in [-0.25, -0.2) is 9.67 Å². The van der Waals surface area contributed by atoms with Crippen molar-refractivity contribution in [2.24, 2.45) is 0 Å². The molecule has 1 unspecified atom stereocenters. The number of rotatable bonds is 7. The maximum absolute atomic E-state index is 12.4. The molecule has 0 radical (unpaired) electrons. The number of carbonyl (C=O) groups is 2. The summed E-state index contributed by atoms with van der Waals surface area (Å²) < 4.78 is 1.66. The fourth-order valence-corrected chi connectivity index (χ4v) is 2.74. The van der Waals surface area contributed by atoms with Gasteiger partial charge in [0.1, 0.15) is 0 Å². The lowest BCUT2D eigenvalue weighted by Crippen LogP contribution is -2.32. The Labute approximate surface area is 157 Å². The highest BCUT2D eigenvalue weighted by Gasteiger charge is 2.16. The van der Waals surface area contributed by atoms with E-state index in [1.807, 2.05) is 54.7 Å². The number of hydrogen-bond donors (Lipinski definition) is 2. The molecule has 0 saturated heterocycles. The third-order valence-corrected chi connectivity index (χ3v) is 4.01. The molecule has 0 fully saturated rings. The van der Waals surface area contributed by atoms with E-state index in [2.05, 4.69) is 20.7 Å². The normalized spacial score (nSPS) is 11.6. The van der Waals surface area contributed by atoms with Gasteiger partial charge in [0.15, 0.2) is 5.82 Å². The monoisotopic (exact) mass is 363 g/mol. The molecule has 1 aromatic carbocycles. The van der Waals surface area contributed by atoms with Crippen LogP contribution in [0, 0.1) is 0 Å². The Morgan fingerprint density at radius 2 is 1.93 bits per heavy atom. The Morgan fingerprint density at radius 3 is 2.63 bits per heavy atom. The van der Waals surface area contributed by atoms with Gasteiger partial charge in [0.05, 0.1) is 12.5 Å². The average Bonchev–Trinajstić information content (AvgIpc) is 3.21. The maximum atomic E-state index is 12.4. The van der Waals surface area contributed by atoms with Gasteiger partial charge in [0, 0.05) is 32.1 Å². The van der Waals surface area contributed by atoms with Gasteiger partial charge in [-0.3, -0.25) is 9.59 Å². The summed E-state index contributed by atoms with van der Waals surface area (Å²) in [5.74, 6) is 0.372. The van der Waals surface area contributed by atoms with Crippen LogP contribution in [0.25, 0.3) is 5.82 Å². The van der Waals surface area contributed by atoms with Crippen LogP contribution in [0.1, 0.15) is 30.5 Å². The van der Waals surface area contributed by atoms with E-state index in [0.717, 1.165) is 11.1 Å². The second-order valence-electron chi connectivity index (χ2n) is 6.12. The number of nitrogens with one attached hydrogen (secondary N) is 2. The van der Waals surface area contributed by atoms with Crippen LogP contribution in [0.15, 0.2) is 67.1 Å². The fraction of sp³-hybridized carbons (Fsp3) is 0.200. The average molecular weight is 363 g/mol. The zero-order chi connectivity index (χ0) is 19.1. The minimum Gasteiger partial charge on any atom is -0.352 e. The highest BCUT2D eigenvalue weighted by molar-refractivity contribution is 5.79. The number of aromatic nitrogens is 3. The molecule has 2 heterocycles. The van der Waals surface area contributed by atoms with Gasteiger partial charge in [-0.1, -0.05) is 30.3 Å². The number of amides is 2. The molecule has 2 N–H and O–H groups in total. The first-order valence-corrected chi connectivity index (χ1v) is 8.65. The van der Waals surface area contributed by atoms with Gasteiger partial charge >= 0.3 is 0 Å². The molecule has 1 atom stereocenters. The van der Waals surface area contributed by atoms with Crippen molar-refractivity contribution in [2.75, 3.05) is 0 Å². The van der Waals surface area contributed by atoms with Crippen LogP contribution in [0.4, 0.5) is 0 Å². The van der Waals surface area contributed by atoms with E-state index in [4.69, 9.17) is 0 Å². The van der Waals surface area contributed by atoms with Crippen LogP contribution in [0.2, 0.25) is 0 Å². The third kappa shape index (κ3) is 5.24. The first kappa shape index (κ1) is 18.3. The summed E-state index contributed by atoms with van der Waals surface area (Å²) in [4.78, 5) is 28.1. The second kappa shape index (κ2) is 8.75. The molecule has 138 valence electrons. The molecule has 0 aliphatic carbocycles. The van der Waals surface area contributed by atoms with Gasteiger partial charge in [-0.05, 0) is 29.3 Å². The van der Waals surface area contributed by atoms with E-state index in [9.17, 15) is 9.59 Å². The molecule has 0 bridgehead atoms. The zero-order valence-electron chi connectivity index (χ0n) is 15.0. The summed E-state index contributed by atoms with van der Waals surface area (Å²) >= 11 is 0. The van der Waals surface area contributed by atoms with Crippen LogP contribution in [0.5, 0.6) is 0 Å². The van der Waals surface area contributed by atoms with E-state index in [0.29, 0.717) is 12.4 Å². The predicted octanol–water partition coefficient (Wildman–Crippen LogP) is 2.15.